The lowest BCUT2D eigenvalue weighted by molar-refractivity contribution is -0.0758. The molecule has 2 rings (SSSR count). The van der Waals surface area contributed by atoms with Gasteiger partial charge in [-0.1, -0.05) is 0 Å². The number of nitrogens with one attached hydrogen (secondary N) is 1. The smallest absolute Gasteiger partial charge is 0.406 e. The number of amides is 1. The van der Waals surface area contributed by atoms with Crippen molar-refractivity contribution in [1.82, 2.24) is 10.2 Å². The summed E-state index contributed by atoms with van der Waals surface area (Å²) in [6.07, 6.45) is 3.26. The predicted molar refractivity (Wildman–Crippen MR) is 73.0 cm³/mol. The van der Waals surface area contributed by atoms with Crippen LogP contribution in [0.4, 0.5) is 4.79 Å². The molecule has 2 fully saturated rings. The Labute approximate surface area is 115 Å². The van der Waals surface area contributed by atoms with E-state index in [1.54, 1.807) is 0 Å². The molecule has 0 aromatic rings. The fourth-order valence-electron chi connectivity index (χ4n) is 3.87. The fraction of sp³-hybridized carbons (Fsp3) is 0.929. The first-order valence-electron chi connectivity index (χ1n) is 7.08. The van der Waals surface area contributed by atoms with Crippen LogP contribution in [0.25, 0.3) is 0 Å². The molecule has 3 atom stereocenters. The number of rotatable bonds is 2. The zero-order valence-corrected chi connectivity index (χ0v) is 12.4. The summed E-state index contributed by atoms with van der Waals surface area (Å²) in [7, 11) is 1.34. The lowest BCUT2D eigenvalue weighted by Gasteiger charge is -2.49. The number of alkyl carbamates (subject to hydrolysis) is 1. The molecule has 2 saturated heterocycles. The third kappa shape index (κ3) is 3.03. The molecule has 0 aromatic heterocycles. The maximum Gasteiger partial charge on any atom is 0.406 e. The van der Waals surface area contributed by atoms with Crippen molar-refractivity contribution < 1.29 is 14.6 Å². The predicted octanol–water partition coefficient (Wildman–Crippen LogP) is 1.50. The molecule has 0 radical (unpaired) electrons. The quantitative estimate of drug-likeness (QED) is 0.798. The molecule has 2 heterocycles. The van der Waals surface area contributed by atoms with Crippen molar-refractivity contribution in [2.45, 2.75) is 69.7 Å². The molecule has 110 valence electrons. The van der Waals surface area contributed by atoms with Gasteiger partial charge in [-0.2, -0.15) is 0 Å². The molecule has 0 saturated carbocycles. The summed E-state index contributed by atoms with van der Waals surface area (Å²) in [5, 5.41) is 13.3. The van der Waals surface area contributed by atoms with Gasteiger partial charge in [0.15, 0.2) is 0 Å². The molecule has 2 N–H and O–H groups in total. The van der Waals surface area contributed by atoms with Crippen LogP contribution in [-0.2, 0) is 4.74 Å². The SMILES string of the molecule is COC(=O)NC[C@@]1(O)CC2CC[C@H](C1)N2C(C)(C)C. The molecular weight excluding hydrogens is 244 g/mol. The van der Waals surface area contributed by atoms with Crippen LogP contribution in [0.3, 0.4) is 0 Å². The van der Waals surface area contributed by atoms with Crippen LogP contribution in [0.5, 0.6) is 0 Å². The highest BCUT2D eigenvalue weighted by atomic mass is 16.5. The number of carbonyl (C=O) groups is 1. The normalized spacial score (nSPS) is 35.2. The van der Waals surface area contributed by atoms with Crippen LogP contribution in [0.15, 0.2) is 0 Å². The van der Waals surface area contributed by atoms with E-state index in [0.29, 0.717) is 12.1 Å². The third-order valence-corrected chi connectivity index (χ3v) is 4.37. The van der Waals surface area contributed by atoms with E-state index in [1.807, 2.05) is 0 Å². The molecule has 5 nitrogen and oxygen atoms in total. The van der Waals surface area contributed by atoms with Crippen molar-refractivity contribution in [2.75, 3.05) is 13.7 Å². The van der Waals surface area contributed by atoms with Gasteiger partial charge in [-0.15, -0.1) is 0 Å². The largest absolute Gasteiger partial charge is 0.453 e. The molecule has 2 bridgehead atoms. The maximum absolute atomic E-state index is 11.1. The Hall–Kier alpha value is -0.810. The zero-order valence-electron chi connectivity index (χ0n) is 12.4. The first kappa shape index (κ1) is 14.6. The lowest BCUT2D eigenvalue weighted by Crippen LogP contribution is -2.60. The minimum absolute atomic E-state index is 0.142. The molecule has 2 aliphatic rings. The van der Waals surface area contributed by atoms with Crippen LogP contribution < -0.4 is 5.32 Å². The third-order valence-electron chi connectivity index (χ3n) is 4.37. The second kappa shape index (κ2) is 4.94. The molecular formula is C14H26N2O3. The Kier molecular flexibility index (Phi) is 3.80. The highest BCUT2D eigenvalue weighted by molar-refractivity contribution is 5.66. The number of hydrogen-bond donors (Lipinski definition) is 2. The van der Waals surface area contributed by atoms with Gasteiger partial charge in [-0.05, 0) is 46.5 Å². The van der Waals surface area contributed by atoms with Gasteiger partial charge < -0.3 is 15.2 Å². The van der Waals surface area contributed by atoms with Crippen LogP contribution >= 0.6 is 0 Å². The van der Waals surface area contributed by atoms with Crippen molar-refractivity contribution in [2.24, 2.45) is 0 Å². The Bertz CT molecular complexity index is 337. The van der Waals surface area contributed by atoms with Gasteiger partial charge in [0.25, 0.3) is 0 Å². The highest BCUT2D eigenvalue weighted by Crippen LogP contribution is 2.44. The zero-order chi connectivity index (χ0) is 14.3. The monoisotopic (exact) mass is 270 g/mol. The van der Waals surface area contributed by atoms with Crippen LogP contribution in [0, 0.1) is 0 Å². The molecule has 0 spiro atoms. The van der Waals surface area contributed by atoms with E-state index in [0.717, 1.165) is 25.7 Å². The number of ether oxygens (including phenoxy) is 1. The van der Waals surface area contributed by atoms with E-state index in [4.69, 9.17) is 0 Å². The number of carbonyl (C=O) groups excluding carboxylic acids is 1. The van der Waals surface area contributed by atoms with E-state index in [-0.39, 0.29) is 12.1 Å². The van der Waals surface area contributed by atoms with Crippen LogP contribution in [0.1, 0.15) is 46.5 Å². The summed E-state index contributed by atoms with van der Waals surface area (Å²) < 4.78 is 4.56. The van der Waals surface area contributed by atoms with Gasteiger partial charge in [-0.3, -0.25) is 4.90 Å². The Morgan fingerprint density at radius 1 is 1.37 bits per heavy atom. The summed E-state index contributed by atoms with van der Waals surface area (Å²) in [4.78, 5) is 13.7. The summed E-state index contributed by atoms with van der Waals surface area (Å²) >= 11 is 0. The van der Waals surface area contributed by atoms with Crippen molar-refractivity contribution in [1.29, 1.82) is 0 Å². The number of aliphatic hydroxyl groups is 1. The van der Waals surface area contributed by atoms with Gasteiger partial charge in [0.1, 0.15) is 0 Å². The van der Waals surface area contributed by atoms with Crippen LogP contribution in [-0.4, -0.2) is 53.0 Å². The maximum atomic E-state index is 11.1. The average molecular weight is 270 g/mol. The first-order chi connectivity index (χ1) is 8.75. The molecule has 2 aliphatic heterocycles. The lowest BCUT2D eigenvalue weighted by atomic mass is 9.83. The summed E-state index contributed by atoms with van der Waals surface area (Å²) in [6.45, 7) is 6.98. The Morgan fingerprint density at radius 3 is 2.32 bits per heavy atom. The van der Waals surface area contributed by atoms with E-state index in [1.165, 1.54) is 7.11 Å². The average Bonchev–Trinajstić information content (AvgIpc) is 2.60. The van der Waals surface area contributed by atoms with E-state index >= 15 is 0 Å². The molecule has 1 unspecified atom stereocenters. The minimum atomic E-state index is -0.790. The number of nitrogens with zero attached hydrogens (tertiary/aromatic N) is 1. The van der Waals surface area contributed by atoms with Gasteiger partial charge in [0.05, 0.1) is 12.7 Å². The van der Waals surface area contributed by atoms with Gasteiger partial charge >= 0.3 is 6.09 Å². The minimum Gasteiger partial charge on any atom is -0.453 e. The second-order valence-electron chi connectivity index (χ2n) is 6.94. The second-order valence-corrected chi connectivity index (χ2v) is 6.94. The van der Waals surface area contributed by atoms with Crippen molar-refractivity contribution in [3.8, 4) is 0 Å². The molecule has 0 aliphatic carbocycles. The van der Waals surface area contributed by atoms with Crippen molar-refractivity contribution in [3.05, 3.63) is 0 Å². The standard InChI is InChI=1S/C14H26N2O3/c1-13(2,3)16-10-5-6-11(16)8-14(18,7-10)9-15-12(17)19-4/h10-11,18H,5-9H2,1-4H3,(H,15,17)/t10-,11?,14+/m1/s1. The molecule has 19 heavy (non-hydrogen) atoms. The number of hydrogen-bond acceptors (Lipinski definition) is 4. The summed E-state index contributed by atoms with van der Waals surface area (Å²) in [5.74, 6) is 0. The van der Waals surface area contributed by atoms with E-state index < -0.39 is 11.7 Å². The van der Waals surface area contributed by atoms with E-state index in [9.17, 15) is 9.90 Å². The highest BCUT2D eigenvalue weighted by Gasteiger charge is 2.50. The van der Waals surface area contributed by atoms with Gasteiger partial charge in [-0.25, -0.2) is 4.79 Å². The van der Waals surface area contributed by atoms with Crippen molar-refractivity contribution >= 4 is 6.09 Å². The molecule has 1 amide bonds. The van der Waals surface area contributed by atoms with Crippen molar-refractivity contribution in [3.63, 3.8) is 0 Å². The van der Waals surface area contributed by atoms with Gasteiger partial charge in [0, 0.05) is 24.2 Å². The Balaban J connectivity index is 2.01. The van der Waals surface area contributed by atoms with Gasteiger partial charge in [0.2, 0.25) is 0 Å². The summed E-state index contributed by atoms with van der Waals surface area (Å²) in [6, 6.07) is 0.839. The van der Waals surface area contributed by atoms with E-state index in [2.05, 4.69) is 35.7 Å². The topological polar surface area (TPSA) is 61.8 Å². The fourth-order valence-corrected chi connectivity index (χ4v) is 3.87. The number of methoxy groups -OCH3 is 1. The number of piperidine rings is 1. The molecule has 5 heteroatoms. The first-order valence-corrected chi connectivity index (χ1v) is 7.08. The summed E-state index contributed by atoms with van der Waals surface area (Å²) in [5.41, 5.74) is -0.648. The molecule has 0 aromatic carbocycles. The van der Waals surface area contributed by atoms with Crippen LogP contribution in [0.2, 0.25) is 0 Å². The Morgan fingerprint density at radius 2 is 1.89 bits per heavy atom. The number of fused-ring (bicyclic) bond motifs is 2.